The molecule has 1 unspecified atom stereocenters. The molecule has 1 aromatic heterocycles. The van der Waals surface area contributed by atoms with Gasteiger partial charge in [-0.15, -0.1) is 11.3 Å². The molecule has 0 spiro atoms. The Morgan fingerprint density at radius 2 is 2.06 bits per heavy atom. The van der Waals surface area contributed by atoms with Gasteiger partial charge >= 0.3 is 6.03 Å². The van der Waals surface area contributed by atoms with E-state index in [1.807, 2.05) is 13.8 Å². The molecule has 18 heavy (non-hydrogen) atoms. The third-order valence-electron chi connectivity index (χ3n) is 2.83. The first-order valence-electron chi connectivity index (χ1n) is 6.18. The van der Waals surface area contributed by atoms with Crippen molar-refractivity contribution in [3.05, 3.63) is 21.4 Å². The number of hydrogen-bond acceptors (Lipinski definition) is 3. The third kappa shape index (κ3) is 4.31. The molecular weight excluding hydrogens is 248 g/mol. The molecule has 0 saturated heterocycles. The summed E-state index contributed by atoms with van der Waals surface area (Å²) in [6, 6.07) is 1.90. The third-order valence-corrected chi connectivity index (χ3v) is 3.81. The Bertz CT molecular complexity index is 404. The Morgan fingerprint density at radius 3 is 2.56 bits per heavy atom. The smallest absolute Gasteiger partial charge is 0.315 e. The van der Waals surface area contributed by atoms with Crippen molar-refractivity contribution in [2.24, 2.45) is 0 Å². The van der Waals surface area contributed by atoms with Crippen LogP contribution in [0, 0.1) is 13.8 Å². The highest BCUT2D eigenvalue weighted by molar-refractivity contribution is 7.12. The molecule has 2 atom stereocenters. The van der Waals surface area contributed by atoms with E-state index >= 15 is 0 Å². The first-order chi connectivity index (χ1) is 8.43. The number of rotatable bonds is 5. The Kier molecular flexibility index (Phi) is 5.62. The highest BCUT2D eigenvalue weighted by Crippen LogP contribution is 2.25. The minimum atomic E-state index is -0.188. The summed E-state index contributed by atoms with van der Waals surface area (Å²) in [4.78, 5) is 14.2. The van der Waals surface area contributed by atoms with Crippen LogP contribution in [-0.2, 0) is 0 Å². The van der Waals surface area contributed by atoms with Crippen LogP contribution in [0.15, 0.2) is 6.07 Å². The van der Waals surface area contributed by atoms with E-state index in [2.05, 4.69) is 30.5 Å². The number of hydrogen-bond donors (Lipinski definition) is 3. The van der Waals surface area contributed by atoms with E-state index in [0.717, 1.165) is 0 Å². The number of amides is 2. The molecule has 4 nitrogen and oxygen atoms in total. The maximum absolute atomic E-state index is 11.7. The number of carbonyl (C=O) groups is 1. The lowest BCUT2D eigenvalue weighted by molar-refractivity contribution is 0.228. The molecule has 0 saturated carbocycles. The maximum atomic E-state index is 11.7. The first-order valence-corrected chi connectivity index (χ1v) is 7.00. The summed E-state index contributed by atoms with van der Waals surface area (Å²) in [6.07, 6.45) is 0.568. The second-order valence-corrected chi connectivity index (χ2v) is 6.08. The van der Waals surface area contributed by atoms with Crippen molar-refractivity contribution in [1.82, 2.24) is 10.6 Å². The number of carbonyl (C=O) groups excluding carboxylic acids is 1. The summed E-state index contributed by atoms with van der Waals surface area (Å²) in [6.45, 7) is 8.07. The van der Waals surface area contributed by atoms with Gasteiger partial charge in [0.2, 0.25) is 0 Å². The van der Waals surface area contributed by atoms with E-state index in [9.17, 15) is 4.79 Å². The van der Waals surface area contributed by atoms with Crippen LogP contribution in [0.2, 0.25) is 0 Å². The van der Waals surface area contributed by atoms with Crippen molar-refractivity contribution in [3.63, 3.8) is 0 Å². The number of aliphatic hydroxyl groups is 1. The van der Waals surface area contributed by atoms with Gasteiger partial charge in [-0.25, -0.2) is 4.79 Å². The molecule has 0 radical (unpaired) electrons. The Hall–Kier alpha value is -1.07. The van der Waals surface area contributed by atoms with Crippen molar-refractivity contribution in [3.8, 4) is 0 Å². The summed E-state index contributed by atoms with van der Waals surface area (Å²) in [5.41, 5.74) is 1.17. The van der Waals surface area contributed by atoms with Crippen molar-refractivity contribution < 1.29 is 9.90 Å². The second-order valence-electron chi connectivity index (χ2n) is 4.62. The van der Waals surface area contributed by atoms with Gasteiger partial charge in [0, 0.05) is 22.4 Å². The van der Waals surface area contributed by atoms with Crippen molar-refractivity contribution >= 4 is 17.4 Å². The molecule has 0 bridgehead atoms. The number of nitrogens with one attached hydrogen (secondary N) is 2. The zero-order chi connectivity index (χ0) is 13.7. The summed E-state index contributed by atoms with van der Waals surface area (Å²) in [5.74, 6) is 0. The van der Waals surface area contributed by atoms with Gasteiger partial charge in [0.15, 0.2) is 0 Å². The molecular formula is C13H22N2O2S. The molecule has 0 aliphatic carbocycles. The van der Waals surface area contributed by atoms with Gasteiger partial charge in [0.05, 0.1) is 6.04 Å². The van der Waals surface area contributed by atoms with Crippen LogP contribution in [-0.4, -0.2) is 23.8 Å². The summed E-state index contributed by atoms with van der Waals surface area (Å²) >= 11 is 1.74. The zero-order valence-electron chi connectivity index (χ0n) is 11.4. The Balaban J connectivity index is 2.52. The standard InChI is InChI=1S/C13H22N2O2S/c1-8(5-6-16)14-13(17)15-10(3)12-7-9(2)18-11(12)4/h7-8,10,16H,5-6H2,1-4H3,(H2,14,15,17)/t8-,10?/m1/s1. The fraction of sp³-hybridized carbons (Fsp3) is 0.615. The van der Waals surface area contributed by atoms with Gasteiger partial charge in [-0.1, -0.05) is 0 Å². The normalized spacial score (nSPS) is 14.1. The predicted octanol–water partition coefficient (Wildman–Crippen LogP) is 2.50. The van der Waals surface area contributed by atoms with E-state index < -0.39 is 0 Å². The zero-order valence-corrected chi connectivity index (χ0v) is 12.2. The monoisotopic (exact) mass is 270 g/mol. The van der Waals surface area contributed by atoms with E-state index in [4.69, 9.17) is 5.11 Å². The molecule has 3 N–H and O–H groups in total. The van der Waals surface area contributed by atoms with Crippen LogP contribution in [0.5, 0.6) is 0 Å². The Morgan fingerprint density at radius 1 is 1.39 bits per heavy atom. The van der Waals surface area contributed by atoms with Crippen LogP contribution >= 0.6 is 11.3 Å². The average Bonchev–Trinajstić information content (AvgIpc) is 2.57. The molecule has 0 aliphatic rings. The van der Waals surface area contributed by atoms with Crippen LogP contribution < -0.4 is 10.6 Å². The fourth-order valence-corrected chi connectivity index (χ4v) is 2.91. The van der Waals surface area contributed by atoms with Gasteiger partial charge in [-0.3, -0.25) is 0 Å². The molecule has 2 amide bonds. The van der Waals surface area contributed by atoms with Crippen molar-refractivity contribution in [2.75, 3.05) is 6.61 Å². The van der Waals surface area contributed by atoms with Gasteiger partial charge in [0.25, 0.3) is 0 Å². The van der Waals surface area contributed by atoms with Gasteiger partial charge in [-0.2, -0.15) is 0 Å². The largest absolute Gasteiger partial charge is 0.396 e. The molecule has 1 rings (SSSR count). The molecule has 0 fully saturated rings. The van der Waals surface area contributed by atoms with Gasteiger partial charge in [-0.05, 0) is 45.7 Å². The topological polar surface area (TPSA) is 61.4 Å². The summed E-state index contributed by atoms with van der Waals surface area (Å²) in [7, 11) is 0. The van der Waals surface area contributed by atoms with Crippen LogP contribution in [0.1, 0.15) is 41.6 Å². The molecule has 1 heterocycles. The van der Waals surface area contributed by atoms with Crippen molar-refractivity contribution in [2.45, 2.75) is 46.2 Å². The van der Waals surface area contributed by atoms with Gasteiger partial charge in [0.1, 0.15) is 0 Å². The quantitative estimate of drug-likeness (QED) is 0.770. The first kappa shape index (κ1) is 15.0. The number of aryl methyl sites for hydroxylation is 2. The summed E-state index contributed by atoms with van der Waals surface area (Å²) < 4.78 is 0. The number of thiophene rings is 1. The van der Waals surface area contributed by atoms with Crippen molar-refractivity contribution in [1.29, 1.82) is 0 Å². The molecule has 0 aromatic carbocycles. The van der Waals surface area contributed by atoms with E-state index in [1.54, 1.807) is 11.3 Å². The minimum Gasteiger partial charge on any atom is -0.396 e. The minimum absolute atomic E-state index is 0.00345. The fourth-order valence-electron chi connectivity index (χ4n) is 1.89. The van der Waals surface area contributed by atoms with E-state index in [1.165, 1.54) is 15.3 Å². The predicted molar refractivity (Wildman–Crippen MR) is 75.0 cm³/mol. The summed E-state index contributed by atoms with van der Waals surface area (Å²) in [5, 5.41) is 14.5. The number of aliphatic hydroxyl groups excluding tert-OH is 1. The lowest BCUT2D eigenvalue weighted by Gasteiger charge is -2.17. The Labute approximate surface area is 112 Å². The van der Waals surface area contributed by atoms with E-state index in [-0.39, 0.29) is 24.7 Å². The highest BCUT2D eigenvalue weighted by Gasteiger charge is 2.14. The van der Waals surface area contributed by atoms with Crippen LogP contribution in [0.25, 0.3) is 0 Å². The second kappa shape index (κ2) is 6.75. The molecule has 1 aromatic rings. The molecule has 102 valence electrons. The lowest BCUT2D eigenvalue weighted by Crippen LogP contribution is -2.42. The van der Waals surface area contributed by atoms with Crippen LogP contribution in [0.4, 0.5) is 4.79 Å². The highest BCUT2D eigenvalue weighted by atomic mass is 32.1. The maximum Gasteiger partial charge on any atom is 0.315 e. The van der Waals surface area contributed by atoms with Crippen LogP contribution in [0.3, 0.4) is 0 Å². The average molecular weight is 270 g/mol. The van der Waals surface area contributed by atoms with Gasteiger partial charge < -0.3 is 15.7 Å². The number of urea groups is 1. The van der Waals surface area contributed by atoms with E-state index in [0.29, 0.717) is 6.42 Å². The molecule has 5 heteroatoms. The lowest BCUT2D eigenvalue weighted by atomic mass is 10.1. The SMILES string of the molecule is Cc1cc(C(C)NC(=O)N[C@H](C)CCO)c(C)s1. The molecule has 0 aliphatic heterocycles.